The van der Waals surface area contributed by atoms with Gasteiger partial charge in [-0.25, -0.2) is 0 Å². The fourth-order valence-corrected chi connectivity index (χ4v) is 2.60. The highest BCUT2D eigenvalue weighted by Gasteiger charge is 2.08. The molecule has 0 aliphatic rings. The average molecular weight is 238 g/mol. The maximum absolute atomic E-state index is 8.49. The SMILES string of the molecule is Cc1ccc(SC(C)CC(N)=NO)c(C)c1. The molecule has 0 radical (unpaired) electrons. The van der Waals surface area contributed by atoms with Crippen molar-refractivity contribution in [3.63, 3.8) is 0 Å². The maximum Gasteiger partial charge on any atom is 0.140 e. The van der Waals surface area contributed by atoms with Crippen LogP contribution in [-0.4, -0.2) is 16.3 Å². The molecule has 0 aliphatic carbocycles. The fraction of sp³-hybridized carbons (Fsp3) is 0.417. The van der Waals surface area contributed by atoms with Crippen LogP contribution in [0.2, 0.25) is 0 Å². The van der Waals surface area contributed by atoms with Crippen LogP contribution in [-0.2, 0) is 0 Å². The Morgan fingerprint density at radius 2 is 2.19 bits per heavy atom. The van der Waals surface area contributed by atoms with Crippen molar-refractivity contribution in [2.45, 2.75) is 37.3 Å². The summed E-state index contributed by atoms with van der Waals surface area (Å²) in [6.45, 7) is 6.26. The van der Waals surface area contributed by atoms with Gasteiger partial charge in [-0.15, -0.1) is 11.8 Å². The summed E-state index contributed by atoms with van der Waals surface area (Å²) in [7, 11) is 0. The summed E-state index contributed by atoms with van der Waals surface area (Å²) in [6.07, 6.45) is 0.592. The number of hydrogen-bond donors (Lipinski definition) is 2. The highest BCUT2D eigenvalue weighted by Crippen LogP contribution is 2.28. The molecule has 4 heteroatoms. The summed E-state index contributed by atoms with van der Waals surface area (Å²) in [5.41, 5.74) is 8.02. The Balaban J connectivity index is 2.66. The van der Waals surface area contributed by atoms with Crippen LogP contribution >= 0.6 is 11.8 Å². The van der Waals surface area contributed by atoms with Gasteiger partial charge in [-0.3, -0.25) is 0 Å². The number of nitrogens with zero attached hydrogens (tertiary/aromatic N) is 1. The van der Waals surface area contributed by atoms with Crippen LogP contribution in [0.5, 0.6) is 0 Å². The van der Waals surface area contributed by atoms with Crippen LogP contribution in [0.15, 0.2) is 28.3 Å². The van der Waals surface area contributed by atoms with Gasteiger partial charge in [0.2, 0.25) is 0 Å². The quantitative estimate of drug-likeness (QED) is 0.279. The van der Waals surface area contributed by atoms with Crippen molar-refractivity contribution in [1.29, 1.82) is 0 Å². The van der Waals surface area contributed by atoms with E-state index >= 15 is 0 Å². The number of aryl methyl sites for hydroxylation is 2. The van der Waals surface area contributed by atoms with Crippen molar-refractivity contribution in [3.8, 4) is 0 Å². The topological polar surface area (TPSA) is 58.6 Å². The molecule has 0 aromatic heterocycles. The van der Waals surface area contributed by atoms with E-state index in [1.54, 1.807) is 11.8 Å². The normalized spacial score (nSPS) is 13.8. The van der Waals surface area contributed by atoms with E-state index in [4.69, 9.17) is 10.9 Å². The van der Waals surface area contributed by atoms with Gasteiger partial charge in [-0.2, -0.15) is 0 Å². The molecule has 0 aliphatic heterocycles. The predicted octanol–water partition coefficient (Wildman–Crippen LogP) is 2.92. The molecule has 1 aromatic carbocycles. The van der Waals surface area contributed by atoms with Gasteiger partial charge >= 0.3 is 0 Å². The zero-order valence-electron chi connectivity index (χ0n) is 9.90. The molecular formula is C12H18N2OS. The first-order chi connectivity index (χ1) is 7.52. The van der Waals surface area contributed by atoms with E-state index in [1.807, 2.05) is 0 Å². The Kier molecular flexibility index (Phi) is 4.68. The zero-order chi connectivity index (χ0) is 12.1. The number of benzene rings is 1. The Labute approximate surface area is 101 Å². The molecule has 88 valence electrons. The maximum atomic E-state index is 8.49. The molecule has 3 nitrogen and oxygen atoms in total. The van der Waals surface area contributed by atoms with E-state index in [9.17, 15) is 0 Å². The van der Waals surface area contributed by atoms with Gasteiger partial charge in [0, 0.05) is 16.6 Å². The number of rotatable bonds is 4. The highest BCUT2D eigenvalue weighted by atomic mass is 32.2. The van der Waals surface area contributed by atoms with Crippen LogP contribution in [0.4, 0.5) is 0 Å². The Morgan fingerprint density at radius 1 is 1.50 bits per heavy atom. The lowest BCUT2D eigenvalue weighted by atomic mass is 10.2. The van der Waals surface area contributed by atoms with Gasteiger partial charge in [-0.05, 0) is 25.5 Å². The summed E-state index contributed by atoms with van der Waals surface area (Å²) in [4.78, 5) is 1.25. The summed E-state index contributed by atoms with van der Waals surface area (Å²) < 4.78 is 0. The molecule has 1 unspecified atom stereocenters. The Bertz CT molecular complexity index is 391. The summed E-state index contributed by atoms with van der Waals surface area (Å²) >= 11 is 1.75. The average Bonchev–Trinajstić information content (AvgIpc) is 2.22. The first-order valence-corrected chi connectivity index (χ1v) is 6.11. The van der Waals surface area contributed by atoms with Gasteiger partial charge in [0.25, 0.3) is 0 Å². The monoisotopic (exact) mass is 238 g/mol. The van der Waals surface area contributed by atoms with E-state index in [2.05, 4.69) is 44.1 Å². The summed E-state index contributed by atoms with van der Waals surface area (Å²) in [5.74, 6) is 0.282. The van der Waals surface area contributed by atoms with Crippen molar-refractivity contribution < 1.29 is 5.21 Å². The molecule has 1 rings (SSSR count). The molecule has 16 heavy (non-hydrogen) atoms. The van der Waals surface area contributed by atoms with E-state index in [0.29, 0.717) is 11.7 Å². The van der Waals surface area contributed by atoms with E-state index in [1.165, 1.54) is 16.0 Å². The molecule has 0 spiro atoms. The van der Waals surface area contributed by atoms with Crippen LogP contribution in [0.3, 0.4) is 0 Å². The minimum Gasteiger partial charge on any atom is -0.409 e. The lowest BCUT2D eigenvalue weighted by Crippen LogP contribution is -2.16. The van der Waals surface area contributed by atoms with E-state index in [0.717, 1.165) is 0 Å². The molecule has 3 N–H and O–H groups in total. The van der Waals surface area contributed by atoms with Gasteiger partial charge < -0.3 is 10.9 Å². The van der Waals surface area contributed by atoms with Gasteiger partial charge in [-0.1, -0.05) is 29.8 Å². The lowest BCUT2D eigenvalue weighted by molar-refractivity contribution is 0.317. The second-order valence-corrected chi connectivity index (χ2v) is 5.47. The molecule has 1 atom stereocenters. The molecule has 0 saturated carbocycles. The first-order valence-electron chi connectivity index (χ1n) is 5.23. The standard InChI is InChI=1S/C12H18N2OS/c1-8-4-5-11(9(2)6-8)16-10(3)7-12(13)14-15/h4-6,10,15H,7H2,1-3H3,(H2,13,14). The molecule has 0 saturated heterocycles. The minimum absolute atomic E-state index is 0.282. The molecule has 0 fully saturated rings. The summed E-state index contributed by atoms with van der Waals surface area (Å²) in [5, 5.41) is 11.8. The third kappa shape index (κ3) is 3.77. The highest BCUT2D eigenvalue weighted by molar-refractivity contribution is 8.00. The number of amidine groups is 1. The predicted molar refractivity (Wildman–Crippen MR) is 69.3 cm³/mol. The van der Waals surface area contributed by atoms with Crippen LogP contribution in [0, 0.1) is 13.8 Å². The second kappa shape index (κ2) is 5.80. The van der Waals surface area contributed by atoms with Crippen LogP contribution in [0.25, 0.3) is 0 Å². The van der Waals surface area contributed by atoms with Crippen LogP contribution < -0.4 is 5.73 Å². The van der Waals surface area contributed by atoms with Crippen molar-refractivity contribution in [2.24, 2.45) is 10.9 Å². The molecule has 0 bridgehead atoms. The Morgan fingerprint density at radius 3 is 2.75 bits per heavy atom. The number of hydrogen-bond acceptors (Lipinski definition) is 3. The zero-order valence-corrected chi connectivity index (χ0v) is 10.7. The van der Waals surface area contributed by atoms with Crippen LogP contribution in [0.1, 0.15) is 24.5 Å². The molecular weight excluding hydrogens is 220 g/mol. The van der Waals surface area contributed by atoms with Crippen molar-refractivity contribution in [2.75, 3.05) is 0 Å². The van der Waals surface area contributed by atoms with Gasteiger partial charge in [0.1, 0.15) is 5.84 Å². The largest absolute Gasteiger partial charge is 0.409 e. The third-order valence-electron chi connectivity index (χ3n) is 2.28. The lowest BCUT2D eigenvalue weighted by Gasteiger charge is -2.12. The van der Waals surface area contributed by atoms with Crippen molar-refractivity contribution in [1.82, 2.24) is 0 Å². The Hall–Kier alpha value is -1.16. The fourth-order valence-electron chi connectivity index (χ4n) is 1.53. The number of nitrogens with two attached hydrogens (primary N) is 1. The number of thioether (sulfide) groups is 1. The molecule has 1 aromatic rings. The third-order valence-corrected chi connectivity index (χ3v) is 3.56. The van der Waals surface area contributed by atoms with E-state index in [-0.39, 0.29) is 5.84 Å². The van der Waals surface area contributed by atoms with E-state index < -0.39 is 0 Å². The molecule has 0 amide bonds. The van der Waals surface area contributed by atoms with Gasteiger partial charge in [0.05, 0.1) is 0 Å². The smallest absolute Gasteiger partial charge is 0.140 e. The second-order valence-electron chi connectivity index (χ2n) is 3.99. The van der Waals surface area contributed by atoms with Crippen molar-refractivity contribution >= 4 is 17.6 Å². The molecule has 0 heterocycles. The number of oxime groups is 1. The first kappa shape index (κ1) is 12.9. The van der Waals surface area contributed by atoms with Crippen molar-refractivity contribution in [3.05, 3.63) is 29.3 Å². The van der Waals surface area contributed by atoms with Gasteiger partial charge in [0.15, 0.2) is 0 Å². The summed E-state index contributed by atoms with van der Waals surface area (Å²) in [6, 6.07) is 6.39. The minimum atomic E-state index is 0.282.